The molecule has 0 radical (unpaired) electrons. The molecular formula is C19H15ClFN3O4. The Bertz CT molecular complexity index is 1010. The minimum atomic E-state index is -0.618. The number of carbonyl (C=O) groups is 2. The zero-order chi connectivity index (χ0) is 20.3. The van der Waals surface area contributed by atoms with E-state index in [0.29, 0.717) is 11.4 Å². The number of hydrogen-bond acceptors (Lipinski definition) is 5. The molecule has 0 bridgehead atoms. The third-order valence-electron chi connectivity index (χ3n) is 3.86. The molecule has 3 aromatic rings. The van der Waals surface area contributed by atoms with E-state index in [4.69, 9.17) is 16.1 Å². The van der Waals surface area contributed by atoms with Crippen LogP contribution in [0.25, 0.3) is 11.3 Å². The lowest BCUT2D eigenvalue weighted by atomic mass is 10.0. The number of methoxy groups -OCH3 is 1. The van der Waals surface area contributed by atoms with Crippen LogP contribution in [0.4, 0.5) is 20.6 Å². The average molecular weight is 404 g/mol. The molecule has 1 heterocycles. The van der Waals surface area contributed by atoms with Crippen LogP contribution in [-0.4, -0.2) is 24.3 Å². The molecule has 0 unspecified atom stereocenters. The predicted molar refractivity (Wildman–Crippen MR) is 102 cm³/mol. The van der Waals surface area contributed by atoms with Crippen LogP contribution in [0.3, 0.4) is 0 Å². The number of halogens is 2. The van der Waals surface area contributed by atoms with Crippen molar-refractivity contribution in [3.05, 3.63) is 64.6 Å². The number of hydrogen-bond donors (Lipinski definition) is 2. The van der Waals surface area contributed by atoms with Gasteiger partial charge in [-0.25, -0.2) is 9.18 Å². The van der Waals surface area contributed by atoms with Crippen LogP contribution in [0.15, 0.2) is 47.0 Å². The third-order valence-corrected chi connectivity index (χ3v) is 4.18. The van der Waals surface area contributed by atoms with Crippen LogP contribution in [0, 0.1) is 12.7 Å². The Morgan fingerprint density at radius 1 is 1.11 bits per heavy atom. The van der Waals surface area contributed by atoms with Crippen molar-refractivity contribution in [2.45, 2.75) is 6.92 Å². The van der Waals surface area contributed by atoms with Gasteiger partial charge in [0.05, 0.1) is 17.7 Å². The summed E-state index contributed by atoms with van der Waals surface area (Å²) >= 11 is 6.08. The first kappa shape index (κ1) is 19.4. The minimum absolute atomic E-state index is 0.0104. The second-order valence-electron chi connectivity index (χ2n) is 5.71. The zero-order valence-electron chi connectivity index (χ0n) is 14.9. The summed E-state index contributed by atoms with van der Waals surface area (Å²) in [4.78, 5) is 24.0. The standard InChI is InChI=1S/C19H15ClFN3O4/c1-10-15(17(24-28-10)16-13(20)4-3-5-14(16)21)18(25)22-11-6-8-12(9-7-11)23-19(26)27-2/h3-9H,1-2H3,(H,22,25)(H,23,26). The van der Waals surface area contributed by atoms with Crippen molar-refractivity contribution in [3.8, 4) is 11.3 Å². The maximum atomic E-state index is 14.3. The molecule has 0 aliphatic rings. The number of nitrogens with zero attached hydrogens (tertiary/aromatic N) is 1. The highest BCUT2D eigenvalue weighted by molar-refractivity contribution is 6.33. The summed E-state index contributed by atoms with van der Waals surface area (Å²) in [6, 6.07) is 10.5. The molecule has 0 spiro atoms. The molecular weight excluding hydrogens is 389 g/mol. The summed E-state index contributed by atoms with van der Waals surface area (Å²) in [6.45, 7) is 1.55. The molecule has 0 saturated carbocycles. The third kappa shape index (κ3) is 3.96. The van der Waals surface area contributed by atoms with Gasteiger partial charge < -0.3 is 14.6 Å². The van der Waals surface area contributed by atoms with E-state index in [1.165, 1.54) is 25.3 Å². The molecule has 2 N–H and O–H groups in total. The Hall–Kier alpha value is -3.39. The maximum absolute atomic E-state index is 14.3. The highest BCUT2D eigenvalue weighted by atomic mass is 35.5. The number of ether oxygens (including phenoxy) is 1. The van der Waals surface area contributed by atoms with Gasteiger partial charge in [0.2, 0.25) is 0 Å². The topological polar surface area (TPSA) is 93.5 Å². The van der Waals surface area contributed by atoms with E-state index in [2.05, 4.69) is 20.5 Å². The number of benzene rings is 2. The van der Waals surface area contributed by atoms with Crippen LogP contribution < -0.4 is 10.6 Å². The van der Waals surface area contributed by atoms with Gasteiger partial charge in [-0.1, -0.05) is 22.8 Å². The minimum Gasteiger partial charge on any atom is -0.453 e. The van der Waals surface area contributed by atoms with Gasteiger partial charge in [0.25, 0.3) is 5.91 Å². The van der Waals surface area contributed by atoms with Gasteiger partial charge in [0.15, 0.2) is 0 Å². The average Bonchev–Trinajstić information content (AvgIpc) is 3.04. The van der Waals surface area contributed by atoms with E-state index in [0.717, 1.165) is 0 Å². The molecule has 1 aromatic heterocycles. The Balaban J connectivity index is 1.86. The van der Waals surface area contributed by atoms with Crippen molar-refractivity contribution in [2.24, 2.45) is 0 Å². The predicted octanol–water partition coefficient (Wildman–Crippen LogP) is 4.87. The molecule has 2 aromatic carbocycles. The quantitative estimate of drug-likeness (QED) is 0.648. The Labute approximate surface area is 164 Å². The van der Waals surface area contributed by atoms with Gasteiger partial charge in [-0.3, -0.25) is 10.1 Å². The Morgan fingerprint density at radius 3 is 2.36 bits per heavy atom. The van der Waals surface area contributed by atoms with E-state index in [1.807, 2.05) is 0 Å². The fourth-order valence-corrected chi connectivity index (χ4v) is 2.79. The summed E-state index contributed by atoms with van der Waals surface area (Å²) in [5.41, 5.74) is 1.02. The van der Waals surface area contributed by atoms with E-state index >= 15 is 0 Å². The van der Waals surface area contributed by atoms with Crippen LogP contribution in [0.5, 0.6) is 0 Å². The molecule has 3 rings (SSSR count). The first-order valence-electron chi connectivity index (χ1n) is 8.07. The summed E-state index contributed by atoms with van der Waals surface area (Å²) in [7, 11) is 1.25. The smallest absolute Gasteiger partial charge is 0.411 e. The van der Waals surface area contributed by atoms with Crippen LogP contribution in [0.1, 0.15) is 16.1 Å². The number of carbonyl (C=O) groups excluding carboxylic acids is 2. The fourth-order valence-electron chi connectivity index (χ4n) is 2.53. The van der Waals surface area contributed by atoms with Gasteiger partial charge in [0.1, 0.15) is 22.8 Å². The molecule has 2 amide bonds. The van der Waals surface area contributed by atoms with Crippen molar-refractivity contribution in [1.82, 2.24) is 5.16 Å². The number of rotatable bonds is 4. The zero-order valence-corrected chi connectivity index (χ0v) is 15.6. The molecule has 0 aliphatic heterocycles. The van der Waals surface area contributed by atoms with Gasteiger partial charge in [-0.2, -0.15) is 0 Å². The first-order chi connectivity index (χ1) is 13.4. The Morgan fingerprint density at radius 2 is 1.75 bits per heavy atom. The second-order valence-corrected chi connectivity index (χ2v) is 6.11. The SMILES string of the molecule is COC(=O)Nc1ccc(NC(=O)c2c(-c3c(F)cccc3Cl)noc2C)cc1. The second kappa shape index (κ2) is 8.10. The van der Waals surface area contributed by atoms with E-state index in [-0.39, 0.29) is 27.6 Å². The van der Waals surface area contributed by atoms with Gasteiger partial charge in [-0.05, 0) is 43.3 Å². The van der Waals surface area contributed by atoms with Crippen molar-refractivity contribution in [1.29, 1.82) is 0 Å². The lowest BCUT2D eigenvalue weighted by Gasteiger charge is -2.08. The monoisotopic (exact) mass is 403 g/mol. The molecule has 0 fully saturated rings. The highest BCUT2D eigenvalue weighted by Crippen LogP contribution is 2.33. The molecule has 7 nitrogen and oxygen atoms in total. The normalized spacial score (nSPS) is 10.4. The summed E-state index contributed by atoms with van der Waals surface area (Å²) < 4.78 is 23.9. The molecule has 9 heteroatoms. The molecule has 0 atom stereocenters. The van der Waals surface area contributed by atoms with E-state index < -0.39 is 17.8 Å². The van der Waals surface area contributed by atoms with E-state index in [9.17, 15) is 14.0 Å². The number of anilines is 2. The van der Waals surface area contributed by atoms with Crippen molar-refractivity contribution in [2.75, 3.05) is 17.7 Å². The lowest BCUT2D eigenvalue weighted by Crippen LogP contribution is -2.14. The summed E-state index contributed by atoms with van der Waals surface area (Å²) in [5, 5.41) is 9.09. The van der Waals surface area contributed by atoms with E-state index in [1.54, 1.807) is 31.2 Å². The van der Waals surface area contributed by atoms with Crippen LogP contribution in [-0.2, 0) is 4.74 Å². The van der Waals surface area contributed by atoms with Crippen molar-refractivity contribution >= 4 is 35.0 Å². The van der Waals surface area contributed by atoms with Crippen LogP contribution in [0.2, 0.25) is 5.02 Å². The fraction of sp³-hybridized carbons (Fsp3) is 0.105. The number of aromatic nitrogens is 1. The van der Waals surface area contributed by atoms with Gasteiger partial charge in [-0.15, -0.1) is 0 Å². The molecule has 28 heavy (non-hydrogen) atoms. The van der Waals surface area contributed by atoms with Crippen molar-refractivity contribution < 1.29 is 23.2 Å². The highest BCUT2D eigenvalue weighted by Gasteiger charge is 2.25. The molecule has 144 valence electrons. The first-order valence-corrected chi connectivity index (χ1v) is 8.45. The Kier molecular flexibility index (Phi) is 5.60. The maximum Gasteiger partial charge on any atom is 0.411 e. The number of amides is 2. The lowest BCUT2D eigenvalue weighted by molar-refractivity contribution is 0.102. The number of nitrogens with one attached hydrogen (secondary N) is 2. The number of aryl methyl sites for hydroxylation is 1. The van der Waals surface area contributed by atoms with Gasteiger partial charge >= 0.3 is 6.09 Å². The molecule has 0 saturated heterocycles. The largest absolute Gasteiger partial charge is 0.453 e. The van der Waals surface area contributed by atoms with Crippen molar-refractivity contribution in [3.63, 3.8) is 0 Å². The summed E-state index contributed by atoms with van der Waals surface area (Å²) in [5.74, 6) is -0.939. The van der Waals surface area contributed by atoms with Gasteiger partial charge in [0, 0.05) is 11.4 Å². The molecule has 0 aliphatic carbocycles. The summed E-state index contributed by atoms with van der Waals surface area (Å²) in [6.07, 6.45) is -0.608. The van der Waals surface area contributed by atoms with Crippen LogP contribution >= 0.6 is 11.6 Å².